The van der Waals surface area contributed by atoms with Crippen molar-refractivity contribution < 1.29 is 4.79 Å². The van der Waals surface area contributed by atoms with E-state index in [4.69, 9.17) is 5.73 Å². The van der Waals surface area contributed by atoms with E-state index in [2.05, 4.69) is 19.2 Å². The van der Waals surface area contributed by atoms with Gasteiger partial charge in [-0.3, -0.25) is 4.79 Å². The highest BCUT2D eigenvalue weighted by Gasteiger charge is 2.18. The molecule has 1 aliphatic rings. The molecule has 0 aromatic heterocycles. The molecule has 3 N–H and O–H groups in total. The van der Waals surface area contributed by atoms with E-state index in [1.807, 2.05) is 0 Å². The number of carbonyl (C=O) groups is 1. The third-order valence-electron chi connectivity index (χ3n) is 3.83. The predicted molar refractivity (Wildman–Crippen MR) is 76.2 cm³/mol. The largest absolute Gasteiger partial charge is 0.353 e. The number of nitrogens with two attached hydrogens (primary N) is 1. The molecule has 1 atom stereocenters. The van der Waals surface area contributed by atoms with Crippen LogP contribution in [0.2, 0.25) is 0 Å². The summed E-state index contributed by atoms with van der Waals surface area (Å²) in [5.41, 5.74) is 5.75. The molecule has 0 spiro atoms. The Balaban J connectivity index is 2.29. The van der Waals surface area contributed by atoms with Gasteiger partial charge in [0, 0.05) is 12.5 Å². The van der Waals surface area contributed by atoms with Gasteiger partial charge in [-0.1, -0.05) is 39.5 Å². The van der Waals surface area contributed by atoms with Crippen molar-refractivity contribution in [2.24, 2.45) is 17.6 Å². The number of amides is 1. The molecule has 0 aromatic carbocycles. The number of carbonyl (C=O) groups excluding carboxylic acids is 1. The van der Waals surface area contributed by atoms with E-state index in [1.165, 1.54) is 25.7 Å². The van der Waals surface area contributed by atoms with E-state index >= 15 is 0 Å². The Labute approximate surface area is 112 Å². The van der Waals surface area contributed by atoms with Crippen molar-refractivity contribution in [1.29, 1.82) is 0 Å². The third kappa shape index (κ3) is 6.39. The molecule has 0 radical (unpaired) electrons. The third-order valence-corrected chi connectivity index (χ3v) is 3.83. The zero-order valence-electron chi connectivity index (χ0n) is 12.1. The summed E-state index contributed by atoms with van der Waals surface area (Å²) >= 11 is 0. The lowest BCUT2D eigenvalue weighted by atomic mass is 9.94. The van der Waals surface area contributed by atoms with Crippen LogP contribution in [0.1, 0.15) is 65.2 Å². The van der Waals surface area contributed by atoms with Crippen LogP contribution >= 0.6 is 0 Å². The second-order valence-corrected chi connectivity index (χ2v) is 6.19. The highest BCUT2D eigenvalue weighted by molar-refractivity contribution is 5.76. The normalized spacial score (nSPS) is 19.6. The summed E-state index contributed by atoms with van der Waals surface area (Å²) in [6, 6.07) is 0.414. The molecule has 18 heavy (non-hydrogen) atoms. The Kier molecular flexibility index (Phi) is 7.33. The molecule has 1 fully saturated rings. The fourth-order valence-electron chi connectivity index (χ4n) is 2.90. The smallest absolute Gasteiger partial charge is 0.220 e. The average molecular weight is 254 g/mol. The van der Waals surface area contributed by atoms with Gasteiger partial charge >= 0.3 is 0 Å². The minimum absolute atomic E-state index is 0.206. The fourth-order valence-corrected chi connectivity index (χ4v) is 2.90. The molecule has 0 heterocycles. The summed E-state index contributed by atoms with van der Waals surface area (Å²) in [7, 11) is 0. The van der Waals surface area contributed by atoms with Crippen LogP contribution in [0.3, 0.4) is 0 Å². The van der Waals surface area contributed by atoms with Gasteiger partial charge in [-0.15, -0.1) is 0 Å². The van der Waals surface area contributed by atoms with E-state index in [-0.39, 0.29) is 5.91 Å². The van der Waals surface area contributed by atoms with Crippen LogP contribution in [0.5, 0.6) is 0 Å². The molecule has 0 bridgehead atoms. The quantitative estimate of drug-likeness (QED) is 0.716. The lowest BCUT2D eigenvalue weighted by Crippen LogP contribution is -2.36. The van der Waals surface area contributed by atoms with Gasteiger partial charge in [0.15, 0.2) is 0 Å². The first-order valence-corrected chi connectivity index (χ1v) is 7.61. The van der Waals surface area contributed by atoms with Crippen LogP contribution in [0, 0.1) is 11.8 Å². The standard InChI is InChI=1S/C15H30N2O/c1-12(2)9-13(11-16)10-15(18)17-14-7-5-3-4-6-8-14/h12-14H,3-11,16H2,1-2H3,(H,17,18)/t13-/m0/s1. The Bertz CT molecular complexity index is 227. The topological polar surface area (TPSA) is 55.1 Å². The van der Waals surface area contributed by atoms with Gasteiger partial charge in [0.1, 0.15) is 0 Å². The minimum atomic E-state index is 0.206. The molecular weight excluding hydrogens is 224 g/mol. The van der Waals surface area contributed by atoms with Crippen LogP contribution in [-0.2, 0) is 4.79 Å². The number of rotatable bonds is 6. The maximum absolute atomic E-state index is 12.0. The van der Waals surface area contributed by atoms with Crippen LogP contribution in [0.4, 0.5) is 0 Å². The van der Waals surface area contributed by atoms with Crippen molar-refractivity contribution in [2.75, 3.05) is 6.54 Å². The van der Waals surface area contributed by atoms with Crippen molar-refractivity contribution >= 4 is 5.91 Å². The van der Waals surface area contributed by atoms with Gasteiger partial charge in [0.05, 0.1) is 0 Å². The van der Waals surface area contributed by atoms with E-state index in [9.17, 15) is 4.79 Å². The maximum atomic E-state index is 12.0. The molecule has 106 valence electrons. The van der Waals surface area contributed by atoms with Crippen LogP contribution in [0.25, 0.3) is 0 Å². The molecule has 1 amide bonds. The molecule has 0 unspecified atom stereocenters. The molecule has 1 rings (SSSR count). The van der Waals surface area contributed by atoms with Crippen LogP contribution in [-0.4, -0.2) is 18.5 Å². The van der Waals surface area contributed by atoms with Crippen molar-refractivity contribution in [1.82, 2.24) is 5.32 Å². The second-order valence-electron chi connectivity index (χ2n) is 6.19. The molecule has 3 nitrogen and oxygen atoms in total. The van der Waals surface area contributed by atoms with Gasteiger partial charge in [0.25, 0.3) is 0 Å². The summed E-state index contributed by atoms with van der Waals surface area (Å²) in [4.78, 5) is 12.0. The summed E-state index contributed by atoms with van der Waals surface area (Å²) in [5, 5.41) is 3.20. The monoisotopic (exact) mass is 254 g/mol. The summed E-state index contributed by atoms with van der Waals surface area (Å²) < 4.78 is 0. The molecule has 0 saturated heterocycles. The summed E-state index contributed by atoms with van der Waals surface area (Å²) in [6.45, 7) is 4.99. The van der Waals surface area contributed by atoms with Crippen molar-refractivity contribution in [3.8, 4) is 0 Å². The van der Waals surface area contributed by atoms with Gasteiger partial charge in [0.2, 0.25) is 5.91 Å². The van der Waals surface area contributed by atoms with E-state index in [0.29, 0.717) is 30.8 Å². The first-order valence-electron chi connectivity index (χ1n) is 7.61. The molecular formula is C15H30N2O. The predicted octanol–water partition coefficient (Wildman–Crippen LogP) is 2.84. The number of hydrogen-bond acceptors (Lipinski definition) is 2. The molecule has 3 heteroatoms. The molecule has 1 aliphatic carbocycles. The zero-order valence-corrected chi connectivity index (χ0v) is 12.1. The van der Waals surface area contributed by atoms with E-state index in [0.717, 1.165) is 19.3 Å². The highest BCUT2D eigenvalue weighted by atomic mass is 16.1. The Hall–Kier alpha value is -0.570. The number of hydrogen-bond donors (Lipinski definition) is 2. The maximum Gasteiger partial charge on any atom is 0.220 e. The van der Waals surface area contributed by atoms with Gasteiger partial charge < -0.3 is 11.1 Å². The van der Waals surface area contributed by atoms with E-state index < -0.39 is 0 Å². The molecule has 0 aromatic rings. The van der Waals surface area contributed by atoms with Crippen molar-refractivity contribution in [2.45, 2.75) is 71.3 Å². The van der Waals surface area contributed by atoms with Crippen LogP contribution < -0.4 is 11.1 Å². The average Bonchev–Trinajstić information content (AvgIpc) is 2.56. The zero-order chi connectivity index (χ0) is 13.4. The lowest BCUT2D eigenvalue weighted by molar-refractivity contribution is -0.122. The first kappa shape index (κ1) is 15.5. The fraction of sp³-hybridized carbons (Fsp3) is 0.933. The van der Waals surface area contributed by atoms with Gasteiger partial charge in [-0.2, -0.15) is 0 Å². The summed E-state index contributed by atoms with van der Waals surface area (Å²) in [5.74, 6) is 1.16. The Morgan fingerprint density at radius 1 is 1.22 bits per heavy atom. The number of nitrogens with one attached hydrogen (secondary N) is 1. The molecule has 1 saturated carbocycles. The van der Waals surface area contributed by atoms with E-state index in [1.54, 1.807) is 0 Å². The SMILES string of the molecule is CC(C)C[C@H](CN)CC(=O)NC1CCCCCC1. The van der Waals surface area contributed by atoms with Crippen molar-refractivity contribution in [3.63, 3.8) is 0 Å². The van der Waals surface area contributed by atoms with Gasteiger partial charge in [-0.25, -0.2) is 0 Å². The van der Waals surface area contributed by atoms with Crippen molar-refractivity contribution in [3.05, 3.63) is 0 Å². The Morgan fingerprint density at radius 2 is 1.83 bits per heavy atom. The van der Waals surface area contributed by atoms with Gasteiger partial charge in [-0.05, 0) is 37.6 Å². The Morgan fingerprint density at radius 3 is 2.33 bits per heavy atom. The molecule has 0 aliphatic heterocycles. The highest BCUT2D eigenvalue weighted by Crippen LogP contribution is 2.18. The second kappa shape index (κ2) is 8.52. The lowest BCUT2D eigenvalue weighted by Gasteiger charge is -2.20. The van der Waals surface area contributed by atoms with Crippen LogP contribution in [0.15, 0.2) is 0 Å². The summed E-state index contributed by atoms with van der Waals surface area (Å²) in [6.07, 6.45) is 9.14. The first-order chi connectivity index (χ1) is 8.61. The minimum Gasteiger partial charge on any atom is -0.353 e.